The Kier molecular flexibility index (Phi) is 3.79. The number of likely N-dealkylation sites (N-methyl/N-ethyl adjacent to an activating group) is 1. The number of aromatic nitrogens is 1. The number of pyridine rings is 1. The van der Waals surface area contributed by atoms with E-state index in [0.29, 0.717) is 0 Å². The first kappa shape index (κ1) is 12.1. The summed E-state index contributed by atoms with van der Waals surface area (Å²) >= 11 is 0. The van der Waals surface area contributed by atoms with Crippen LogP contribution in [0.5, 0.6) is 0 Å². The summed E-state index contributed by atoms with van der Waals surface area (Å²) in [6, 6.07) is 5.06. The van der Waals surface area contributed by atoms with E-state index in [1.165, 1.54) is 18.4 Å². The largest absolute Gasteiger partial charge is 0.356 e. The molecular weight excluding hydrogens is 210 g/mol. The molecular formula is C14H21N3. The molecule has 0 amide bonds. The Labute approximate surface area is 104 Å². The molecule has 0 bridgehead atoms. The first-order valence-corrected chi connectivity index (χ1v) is 6.22. The van der Waals surface area contributed by atoms with E-state index in [0.717, 1.165) is 30.6 Å². The second-order valence-electron chi connectivity index (χ2n) is 4.80. The zero-order chi connectivity index (χ0) is 12.3. The molecule has 3 nitrogen and oxygen atoms in total. The van der Waals surface area contributed by atoms with E-state index < -0.39 is 0 Å². The summed E-state index contributed by atoms with van der Waals surface area (Å²) in [6.07, 6.45) is 4.55. The number of nitrogens with zero attached hydrogens (tertiary/aromatic N) is 2. The quantitative estimate of drug-likeness (QED) is 0.761. The van der Waals surface area contributed by atoms with Crippen LogP contribution in [0.2, 0.25) is 0 Å². The van der Waals surface area contributed by atoms with Crippen LogP contribution in [0, 0.1) is 6.92 Å². The van der Waals surface area contributed by atoms with Crippen LogP contribution in [0.15, 0.2) is 24.8 Å². The monoisotopic (exact) mass is 231 g/mol. The van der Waals surface area contributed by atoms with Gasteiger partial charge in [0.15, 0.2) is 0 Å². The molecule has 17 heavy (non-hydrogen) atoms. The van der Waals surface area contributed by atoms with E-state index >= 15 is 0 Å². The van der Waals surface area contributed by atoms with E-state index in [-0.39, 0.29) is 0 Å². The third kappa shape index (κ3) is 3.56. The Morgan fingerprint density at radius 2 is 2.29 bits per heavy atom. The van der Waals surface area contributed by atoms with Crippen molar-refractivity contribution in [1.29, 1.82) is 0 Å². The van der Waals surface area contributed by atoms with E-state index in [2.05, 4.69) is 33.9 Å². The van der Waals surface area contributed by atoms with Gasteiger partial charge in [-0.2, -0.15) is 0 Å². The molecule has 0 unspecified atom stereocenters. The van der Waals surface area contributed by atoms with Crippen LogP contribution in [0.4, 0.5) is 5.82 Å². The number of nitrogens with one attached hydrogen (secondary N) is 1. The molecule has 0 radical (unpaired) electrons. The molecule has 2 rings (SSSR count). The fraction of sp³-hybridized carbons (Fsp3) is 0.500. The average Bonchev–Trinajstić information content (AvgIpc) is 3.10. The van der Waals surface area contributed by atoms with E-state index in [1.807, 2.05) is 20.0 Å². The first-order chi connectivity index (χ1) is 8.19. The molecule has 0 atom stereocenters. The first-order valence-electron chi connectivity index (χ1n) is 6.22. The van der Waals surface area contributed by atoms with Crippen molar-refractivity contribution in [2.75, 3.05) is 18.5 Å². The van der Waals surface area contributed by atoms with Crippen molar-refractivity contribution >= 4 is 5.82 Å². The molecule has 1 aromatic rings. The van der Waals surface area contributed by atoms with Gasteiger partial charge in [0.05, 0.1) is 0 Å². The van der Waals surface area contributed by atoms with Crippen LogP contribution >= 0.6 is 0 Å². The van der Waals surface area contributed by atoms with Crippen molar-refractivity contribution < 1.29 is 0 Å². The normalized spacial score (nSPS) is 14.7. The molecule has 1 aromatic heterocycles. The lowest BCUT2D eigenvalue weighted by molar-refractivity contribution is 0.686. The molecule has 0 aliphatic heterocycles. The summed E-state index contributed by atoms with van der Waals surface area (Å²) in [5.41, 5.74) is 2.39. The van der Waals surface area contributed by atoms with Crippen molar-refractivity contribution in [2.24, 2.45) is 0 Å². The van der Waals surface area contributed by atoms with Crippen LogP contribution in [0.25, 0.3) is 0 Å². The molecule has 1 aliphatic rings. The molecule has 1 aliphatic carbocycles. The summed E-state index contributed by atoms with van der Waals surface area (Å²) in [5, 5.41) is 3.53. The molecule has 1 heterocycles. The molecule has 92 valence electrons. The van der Waals surface area contributed by atoms with Gasteiger partial charge in [-0.05, 0) is 37.5 Å². The van der Waals surface area contributed by atoms with Crippen LogP contribution in [-0.4, -0.2) is 24.6 Å². The molecule has 0 aromatic carbocycles. The summed E-state index contributed by atoms with van der Waals surface area (Å²) in [7, 11) is 2.04. The summed E-state index contributed by atoms with van der Waals surface area (Å²) in [5.74, 6) is 1.03. The van der Waals surface area contributed by atoms with E-state index in [1.54, 1.807) is 0 Å². The Balaban J connectivity index is 2.06. The minimum atomic E-state index is 0.748. The number of rotatable bonds is 6. The van der Waals surface area contributed by atoms with Gasteiger partial charge in [0, 0.05) is 31.9 Å². The zero-order valence-corrected chi connectivity index (χ0v) is 10.7. The third-order valence-corrected chi connectivity index (χ3v) is 2.97. The summed E-state index contributed by atoms with van der Waals surface area (Å²) in [4.78, 5) is 6.66. The van der Waals surface area contributed by atoms with Crippen molar-refractivity contribution in [1.82, 2.24) is 10.3 Å². The lowest BCUT2D eigenvalue weighted by Gasteiger charge is -2.17. The smallest absolute Gasteiger partial charge is 0.129 e. The van der Waals surface area contributed by atoms with Gasteiger partial charge in [-0.15, -0.1) is 6.58 Å². The molecule has 0 spiro atoms. The van der Waals surface area contributed by atoms with Gasteiger partial charge >= 0.3 is 0 Å². The number of anilines is 1. The van der Waals surface area contributed by atoms with E-state index in [4.69, 9.17) is 0 Å². The average molecular weight is 231 g/mol. The number of aryl methyl sites for hydroxylation is 1. The van der Waals surface area contributed by atoms with Crippen molar-refractivity contribution in [3.8, 4) is 0 Å². The molecule has 1 N–H and O–H groups in total. The predicted octanol–water partition coefficient (Wildman–Crippen LogP) is 2.26. The highest BCUT2D eigenvalue weighted by Crippen LogP contribution is 2.20. The predicted molar refractivity (Wildman–Crippen MR) is 72.3 cm³/mol. The van der Waals surface area contributed by atoms with Crippen molar-refractivity contribution in [3.05, 3.63) is 36.0 Å². The van der Waals surface area contributed by atoms with Crippen LogP contribution in [0.3, 0.4) is 0 Å². The third-order valence-electron chi connectivity index (χ3n) is 2.97. The minimum absolute atomic E-state index is 0.748. The Hall–Kier alpha value is -1.35. The fourth-order valence-corrected chi connectivity index (χ4v) is 1.86. The van der Waals surface area contributed by atoms with Crippen LogP contribution < -0.4 is 10.2 Å². The second kappa shape index (κ2) is 5.32. The molecule has 1 fully saturated rings. The maximum atomic E-state index is 4.55. The van der Waals surface area contributed by atoms with Crippen molar-refractivity contribution in [2.45, 2.75) is 32.4 Å². The van der Waals surface area contributed by atoms with Gasteiger partial charge in [0.1, 0.15) is 5.82 Å². The van der Waals surface area contributed by atoms with Gasteiger partial charge in [-0.25, -0.2) is 4.98 Å². The minimum Gasteiger partial charge on any atom is -0.356 e. The second-order valence-corrected chi connectivity index (χ2v) is 4.80. The Morgan fingerprint density at radius 1 is 1.53 bits per heavy atom. The van der Waals surface area contributed by atoms with Crippen LogP contribution in [-0.2, 0) is 6.54 Å². The summed E-state index contributed by atoms with van der Waals surface area (Å²) < 4.78 is 0. The Bertz CT molecular complexity index is 396. The van der Waals surface area contributed by atoms with Crippen LogP contribution in [0.1, 0.15) is 24.1 Å². The zero-order valence-electron chi connectivity index (χ0n) is 10.7. The maximum absolute atomic E-state index is 4.55. The van der Waals surface area contributed by atoms with Gasteiger partial charge in [-0.1, -0.05) is 6.08 Å². The highest BCUT2D eigenvalue weighted by Gasteiger charge is 2.20. The van der Waals surface area contributed by atoms with E-state index in [9.17, 15) is 0 Å². The molecule has 0 saturated heterocycles. The Morgan fingerprint density at radius 3 is 2.94 bits per heavy atom. The maximum Gasteiger partial charge on any atom is 0.129 e. The van der Waals surface area contributed by atoms with Gasteiger partial charge in [0.25, 0.3) is 0 Å². The standard InChI is InChI=1S/C14H21N3/c1-4-7-17(3)14-9-12(8-11(2)16-14)10-15-13-5-6-13/h4,8-9,13,15H,1,5-7,10H2,2-3H3. The van der Waals surface area contributed by atoms with Gasteiger partial charge in [-0.3, -0.25) is 0 Å². The lowest BCUT2D eigenvalue weighted by atomic mass is 10.2. The molecule has 3 heteroatoms. The van der Waals surface area contributed by atoms with Gasteiger partial charge < -0.3 is 10.2 Å². The molecule has 1 saturated carbocycles. The lowest BCUT2D eigenvalue weighted by Crippen LogP contribution is -2.20. The summed E-state index contributed by atoms with van der Waals surface area (Å²) in [6.45, 7) is 7.58. The number of hydrogen-bond acceptors (Lipinski definition) is 3. The number of hydrogen-bond donors (Lipinski definition) is 1. The van der Waals surface area contributed by atoms with Crippen molar-refractivity contribution in [3.63, 3.8) is 0 Å². The topological polar surface area (TPSA) is 28.2 Å². The van der Waals surface area contributed by atoms with Gasteiger partial charge in [0.2, 0.25) is 0 Å². The highest BCUT2D eigenvalue weighted by atomic mass is 15.2. The SMILES string of the molecule is C=CCN(C)c1cc(CNC2CC2)cc(C)n1. The fourth-order valence-electron chi connectivity index (χ4n) is 1.86. The highest BCUT2D eigenvalue weighted by molar-refractivity contribution is 5.42.